The van der Waals surface area contributed by atoms with Gasteiger partial charge >= 0.3 is 0 Å². The molecule has 3 atom stereocenters. The lowest BCUT2D eigenvalue weighted by molar-refractivity contribution is -0.101. The van der Waals surface area contributed by atoms with E-state index in [4.69, 9.17) is 15.2 Å². The molecule has 0 aromatic carbocycles. The van der Waals surface area contributed by atoms with Gasteiger partial charge in [-0.05, 0) is 32.1 Å². The quantitative estimate of drug-likeness (QED) is 0.743. The van der Waals surface area contributed by atoms with Gasteiger partial charge in [0.2, 0.25) is 0 Å². The van der Waals surface area contributed by atoms with E-state index in [-0.39, 0.29) is 5.54 Å². The molecule has 0 saturated carbocycles. The minimum Gasteiger partial charge on any atom is -0.383 e. The molecule has 2 N–H and O–H groups in total. The zero-order valence-corrected chi connectivity index (χ0v) is 14.0. The van der Waals surface area contributed by atoms with Gasteiger partial charge in [-0.2, -0.15) is 0 Å². The molecule has 120 valence electrons. The highest BCUT2D eigenvalue weighted by Gasteiger charge is 2.42. The highest BCUT2D eigenvalue weighted by Crippen LogP contribution is 2.34. The van der Waals surface area contributed by atoms with Crippen LogP contribution in [0.2, 0.25) is 0 Å². The van der Waals surface area contributed by atoms with Crippen LogP contribution in [-0.2, 0) is 9.47 Å². The van der Waals surface area contributed by atoms with E-state index in [0.717, 1.165) is 39.0 Å². The van der Waals surface area contributed by atoms with Crippen LogP contribution in [0.25, 0.3) is 0 Å². The van der Waals surface area contributed by atoms with E-state index in [1.54, 1.807) is 7.11 Å². The lowest BCUT2D eigenvalue weighted by Crippen LogP contribution is -2.62. The van der Waals surface area contributed by atoms with Gasteiger partial charge in [0.05, 0.1) is 12.7 Å². The molecule has 1 heterocycles. The molecule has 3 unspecified atom stereocenters. The van der Waals surface area contributed by atoms with Gasteiger partial charge in [0, 0.05) is 38.4 Å². The molecule has 1 saturated heterocycles. The molecule has 0 amide bonds. The SMILES string of the molecule is CCC(C)N(CCOC)C1(CN)CCOC(C(C)C)C1. The summed E-state index contributed by atoms with van der Waals surface area (Å²) in [7, 11) is 1.77. The van der Waals surface area contributed by atoms with Crippen molar-refractivity contribution >= 4 is 0 Å². The molecule has 1 aliphatic heterocycles. The Kier molecular flexibility index (Phi) is 7.45. The molecule has 4 heteroatoms. The van der Waals surface area contributed by atoms with Crippen LogP contribution in [0.15, 0.2) is 0 Å². The van der Waals surface area contributed by atoms with Crippen molar-refractivity contribution in [3.05, 3.63) is 0 Å². The summed E-state index contributed by atoms with van der Waals surface area (Å²) in [5.41, 5.74) is 6.30. The predicted molar refractivity (Wildman–Crippen MR) is 83.9 cm³/mol. The van der Waals surface area contributed by atoms with Crippen LogP contribution in [0.1, 0.15) is 47.0 Å². The molecule has 0 aromatic heterocycles. The van der Waals surface area contributed by atoms with Crippen LogP contribution >= 0.6 is 0 Å². The summed E-state index contributed by atoms with van der Waals surface area (Å²) in [5, 5.41) is 0. The van der Waals surface area contributed by atoms with E-state index in [2.05, 4.69) is 32.6 Å². The molecule has 4 nitrogen and oxygen atoms in total. The van der Waals surface area contributed by atoms with Gasteiger partial charge in [-0.15, -0.1) is 0 Å². The standard InChI is InChI=1S/C16H34N2O2/c1-6-14(4)18(8-10-19-5)16(12-17)7-9-20-15(11-16)13(2)3/h13-15H,6-12,17H2,1-5H3. The molecule has 20 heavy (non-hydrogen) atoms. The molecule has 0 bridgehead atoms. The van der Waals surface area contributed by atoms with Crippen LogP contribution in [-0.4, -0.2) is 56.0 Å². The second-order valence-electron chi connectivity index (χ2n) is 6.48. The summed E-state index contributed by atoms with van der Waals surface area (Å²) in [6.45, 7) is 12.3. The Morgan fingerprint density at radius 3 is 2.60 bits per heavy atom. The maximum Gasteiger partial charge on any atom is 0.0616 e. The van der Waals surface area contributed by atoms with Crippen molar-refractivity contribution in [3.8, 4) is 0 Å². The van der Waals surface area contributed by atoms with E-state index >= 15 is 0 Å². The monoisotopic (exact) mass is 286 g/mol. The number of nitrogens with zero attached hydrogens (tertiary/aromatic N) is 1. The Bertz CT molecular complexity index is 273. The third-order valence-corrected chi connectivity index (χ3v) is 4.87. The number of methoxy groups -OCH3 is 1. The van der Waals surface area contributed by atoms with Crippen molar-refractivity contribution in [2.45, 2.75) is 64.6 Å². The van der Waals surface area contributed by atoms with Crippen LogP contribution in [0.4, 0.5) is 0 Å². The first-order valence-corrected chi connectivity index (χ1v) is 8.08. The van der Waals surface area contributed by atoms with Gasteiger partial charge in [-0.1, -0.05) is 20.8 Å². The molecule has 1 rings (SSSR count). The third-order valence-electron chi connectivity index (χ3n) is 4.87. The van der Waals surface area contributed by atoms with Gasteiger partial charge in [0.25, 0.3) is 0 Å². The summed E-state index contributed by atoms with van der Waals surface area (Å²) in [6.07, 6.45) is 3.52. The number of rotatable bonds is 8. The van der Waals surface area contributed by atoms with E-state index in [1.807, 2.05) is 0 Å². The average molecular weight is 286 g/mol. The molecule has 1 fully saturated rings. The number of hydrogen-bond acceptors (Lipinski definition) is 4. The lowest BCUT2D eigenvalue weighted by Gasteiger charge is -2.51. The van der Waals surface area contributed by atoms with Crippen molar-refractivity contribution in [2.75, 3.05) is 33.4 Å². The van der Waals surface area contributed by atoms with Gasteiger partial charge in [0.15, 0.2) is 0 Å². The molecule has 0 aromatic rings. The molecule has 0 aliphatic carbocycles. The average Bonchev–Trinajstić information content (AvgIpc) is 2.47. The summed E-state index contributed by atoms with van der Waals surface area (Å²) < 4.78 is 11.3. The first-order valence-electron chi connectivity index (χ1n) is 8.08. The maximum atomic E-state index is 6.23. The van der Waals surface area contributed by atoms with E-state index in [0.29, 0.717) is 24.6 Å². The first-order chi connectivity index (χ1) is 9.50. The fraction of sp³-hybridized carbons (Fsp3) is 1.00. The summed E-state index contributed by atoms with van der Waals surface area (Å²) in [4.78, 5) is 2.58. The van der Waals surface area contributed by atoms with Gasteiger partial charge in [-0.25, -0.2) is 0 Å². The number of ether oxygens (including phenoxy) is 2. The van der Waals surface area contributed by atoms with Crippen molar-refractivity contribution in [1.29, 1.82) is 0 Å². The Morgan fingerprint density at radius 1 is 1.40 bits per heavy atom. The number of hydrogen-bond donors (Lipinski definition) is 1. The second-order valence-corrected chi connectivity index (χ2v) is 6.48. The van der Waals surface area contributed by atoms with E-state index in [1.165, 1.54) is 0 Å². The van der Waals surface area contributed by atoms with Gasteiger partial charge in [0.1, 0.15) is 0 Å². The van der Waals surface area contributed by atoms with Crippen molar-refractivity contribution in [3.63, 3.8) is 0 Å². The molecule has 0 radical (unpaired) electrons. The normalized spacial score (nSPS) is 29.1. The number of nitrogens with two attached hydrogens (primary N) is 1. The van der Waals surface area contributed by atoms with E-state index in [9.17, 15) is 0 Å². The topological polar surface area (TPSA) is 47.7 Å². The van der Waals surface area contributed by atoms with Crippen molar-refractivity contribution in [2.24, 2.45) is 11.7 Å². The first kappa shape index (κ1) is 17.9. The Morgan fingerprint density at radius 2 is 2.10 bits per heavy atom. The summed E-state index contributed by atoms with van der Waals surface area (Å²) in [5.74, 6) is 0.544. The smallest absolute Gasteiger partial charge is 0.0616 e. The predicted octanol–water partition coefficient (Wildman–Crippen LogP) is 2.27. The van der Waals surface area contributed by atoms with Gasteiger partial charge in [-0.3, -0.25) is 4.90 Å². The summed E-state index contributed by atoms with van der Waals surface area (Å²) in [6, 6.07) is 0.527. The van der Waals surface area contributed by atoms with Crippen LogP contribution in [0.3, 0.4) is 0 Å². The lowest BCUT2D eigenvalue weighted by atomic mass is 9.80. The zero-order chi connectivity index (χ0) is 15.2. The fourth-order valence-corrected chi connectivity index (χ4v) is 3.26. The van der Waals surface area contributed by atoms with Crippen LogP contribution < -0.4 is 5.73 Å². The Hall–Kier alpha value is -0.160. The zero-order valence-electron chi connectivity index (χ0n) is 14.0. The second kappa shape index (κ2) is 8.32. The van der Waals surface area contributed by atoms with Crippen LogP contribution in [0, 0.1) is 5.92 Å². The third kappa shape index (κ3) is 4.17. The minimum absolute atomic E-state index is 0.0706. The highest BCUT2D eigenvalue weighted by molar-refractivity contribution is 4.98. The Labute approximate surface area is 125 Å². The fourth-order valence-electron chi connectivity index (χ4n) is 3.26. The highest BCUT2D eigenvalue weighted by atomic mass is 16.5. The molecular weight excluding hydrogens is 252 g/mol. The largest absolute Gasteiger partial charge is 0.383 e. The maximum absolute atomic E-state index is 6.23. The minimum atomic E-state index is 0.0706. The van der Waals surface area contributed by atoms with Crippen molar-refractivity contribution < 1.29 is 9.47 Å². The van der Waals surface area contributed by atoms with Crippen LogP contribution in [0.5, 0.6) is 0 Å². The summed E-state index contributed by atoms with van der Waals surface area (Å²) >= 11 is 0. The molecule has 1 aliphatic rings. The van der Waals surface area contributed by atoms with E-state index < -0.39 is 0 Å². The Balaban J connectivity index is 2.90. The molecule has 0 spiro atoms. The molecular formula is C16H34N2O2. The van der Waals surface area contributed by atoms with Crippen molar-refractivity contribution in [1.82, 2.24) is 4.90 Å². The van der Waals surface area contributed by atoms with Gasteiger partial charge < -0.3 is 15.2 Å².